The van der Waals surface area contributed by atoms with E-state index in [1.807, 2.05) is 0 Å². The topological polar surface area (TPSA) is 76.2 Å². The molecule has 1 aromatic heterocycles. The monoisotopic (exact) mass is 208 g/mol. The molecule has 1 N–H and O–H groups in total. The van der Waals surface area contributed by atoms with E-state index < -0.39 is 5.97 Å². The number of carbonyl (C=O) groups is 1. The van der Waals surface area contributed by atoms with Crippen LogP contribution in [0.2, 0.25) is 0 Å². The number of hydrogen-bond acceptors (Lipinski definition) is 4. The molecule has 80 valence electrons. The number of carboxylic acids is 1. The largest absolute Gasteiger partial charge is 0.481 e. The molecule has 2 saturated carbocycles. The molecular weight excluding hydrogens is 196 g/mol. The van der Waals surface area contributed by atoms with E-state index in [0.717, 1.165) is 12.2 Å². The third kappa shape index (κ3) is 1.42. The van der Waals surface area contributed by atoms with E-state index in [1.54, 1.807) is 0 Å². The average Bonchev–Trinajstić information content (AvgIpc) is 3.07. The van der Waals surface area contributed by atoms with Crippen molar-refractivity contribution in [3.63, 3.8) is 0 Å². The normalized spacial score (nSPS) is 37.7. The van der Waals surface area contributed by atoms with Gasteiger partial charge in [-0.3, -0.25) is 4.79 Å². The maximum absolute atomic E-state index is 10.7. The van der Waals surface area contributed by atoms with Crippen LogP contribution in [-0.2, 0) is 4.79 Å². The predicted octanol–water partition coefficient (Wildman–Crippen LogP) is 1.38. The molecule has 2 fully saturated rings. The van der Waals surface area contributed by atoms with Gasteiger partial charge in [-0.25, -0.2) is 0 Å². The molecule has 0 aliphatic heterocycles. The van der Waals surface area contributed by atoms with E-state index in [0.29, 0.717) is 24.1 Å². The molecular formula is C10H12N2O3. The second kappa shape index (κ2) is 2.81. The maximum atomic E-state index is 10.7. The number of hydrogen-bond donors (Lipinski definition) is 1. The molecule has 5 nitrogen and oxygen atoms in total. The first-order valence-corrected chi connectivity index (χ1v) is 5.23. The van der Waals surface area contributed by atoms with Crippen LogP contribution >= 0.6 is 0 Å². The van der Waals surface area contributed by atoms with E-state index in [4.69, 9.17) is 9.63 Å². The molecule has 0 aromatic carbocycles. The van der Waals surface area contributed by atoms with Crippen LogP contribution in [0.4, 0.5) is 0 Å². The Labute approximate surface area is 86.5 Å². The fraction of sp³-hybridized carbons (Fsp3) is 0.700. The summed E-state index contributed by atoms with van der Waals surface area (Å²) in [7, 11) is 0. The molecule has 0 bridgehead atoms. The van der Waals surface area contributed by atoms with Gasteiger partial charge in [0, 0.05) is 5.92 Å². The summed E-state index contributed by atoms with van der Waals surface area (Å²) >= 11 is 0. The zero-order valence-electron chi connectivity index (χ0n) is 8.38. The van der Waals surface area contributed by atoms with Crippen LogP contribution < -0.4 is 0 Å². The molecule has 4 atom stereocenters. The minimum Gasteiger partial charge on any atom is -0.481 e. The van der Waals surface area contributed by atoms with Crippen LogP contribution in [0.5, 0.6) is 0 Å². The first-order valence-electron chi connectivity index (χ1n) is 5.23. The molecule has 15 heavy (non-hydrogen) atoms. The molecule has 2 aliphatic carbocycles. The van der Waals surface area contributed by atoms with Crippen molar-refractivity contribution in [1.82, 2.24) is 10.1 Å². The lowest BCUT2D eigenvalue weighted by molar-refractivity contribution is -0.138. The van der Waals surface area contributed by atoms with Crippen LogP contribution in [0.3, 0.4) is 0 Å². The number of nitrogens with zero attached hydrogens (tertiary/aromatic N) is 2. The van der Waals surface area contributed by atoms with Crippen LogP contribution in [-0.4, -0.2) is 21.2 Å². The Hall–Kier alpha value is -1.39. The van der Waals surface area contributed by atoms with Gasteiger partial charge in [0.15, 0.2) is 5.82 Å². The first-order chi connectivity index (χ1) is 7.16. The van der Waals surface area contributed by atoms with Crippen molar-refractivity contribution in [2.75, 3.05) is 0 Å². The molecule has 0 spiro atoms. The third-order valence-corrected chi connectivity index (χ3v) is 3.32. The molecule has 3 rings (SSSR count). The summed E-state index contributed by atoms with van der Waals surface area (Å²) in [4.78, 5) is 14.9. The second-order valence-corrected chi connectivity index (χ2v) is 4.60. The van der Waals surface area contributed by atoms with E-state index in [2.05, 4.69) is 17.1 Å². The molecule has 0 saturated heterocycles. The molecule has 1 heterocycles. The van der Waals surface area contributed by atoms with Crippen LogP contribution in [0.15, 0.2) is 4.52 Å². The summed E-state index contributed by atoms with van der Waals surface area (Å²) in [5, 5.41) is 12.7. The minimum atomic E-state index is -0.764. The summed E-state index contributed by atoms with van der Waals surface area (Å²) in [6, 6.07) is 0. The summed E-state index contributed by atoms with van der Waals surface area (Å²) in [6.07, 6.45) is 1.75. The summed E-state index contributed by atoms with van der Waals surface area (Å²) in [6.45, 7) is 2.15. The highest BCUT2D eigenvalue weighted by Gasteiger charge is 2.49. The fourth-order valence-electron chi connectivity index (χ4n) is 1.97. The Morgan fingerprint density at radius 1 is 1.47 bits per heavy atom. The van der Waals surface area contributed by atoms with Gasteiger partial charge < -0.3 is 9.63 Å². The molecule has 5 heteroatoms. The predicted molar refractivity (Wildman–Crippen MR) is 49.3 cm³/mol. The smallest absolute Gasteiger partial charge is 0.307 e. The van der Waals surface area contributed by atoms with Crippen LogP contribution in [0.1, 0.15) is 43.3 Å². The van der Waals surface area contributed by atoms with Crippen molar-refractivity contribution in [3.8, 4) is 0 Å². The SMILES string of the molecule is CC1CC1c1noc(C2CC2C(=O)O)n1. The highest BCUT2D eigenvalue weighted by Crippen LogP contribution is 2.49. The first kappa shape index (κ1) is 8.88. The van der Waals surface area contributed by atoms with Crippen molar-refractivity contribution < 1.29 is 14.4 Å². The highest BCUT2D eigenvalue weighted by molar-refractivity contribution is 5.74. The minimum absolute atomic E-state index is 0.0437. The zero-order valence-corrected chi connectivity index (χ0v) is 8.38. The molecule has 2 aliphatic rings. The molecule has 1 aromatic rings. The maximum Gasteiger partial charge on any atom is 0.307 e. The quantitative estimate of drug-likeness (QED) is 0.812. The lowest BCUT2D eigenvalue weighted by Crippen LogP contribution is -1.99. The van der Waals surface area contributed by atoms with Gasteiger partial charge in [-0.05, 0) is 18.8 Å². The lowest BCUT2D eigenvalue weighted by atomic mass is 10.3. The van der Waals surface area contributed by atoms with Gasteiger partial charge in [-0.1, -0.05) is 12.1 Å². The van der Waals surface area contributed by atoms with Gasteiger partial charge in [-0.15, -0.1) is 0 Å². The van der Waals surface area contributed by atoms with E-state index in [1.165, 1.54) is 0 Å². The van der Waals surface area contributed by atoms with Crippen molar-refractivity contribution in [2.24, 2.45) is 11.8 Å². The Kier molecular flexibility index (Phi) is 1.66. The van der Waals surface area contributed by atoms with Gasteiger partial charge >= 0.3 is 5.97 Å². The fourth-order valence-corrected chi connectivity index (χ4v) is 1.97. The molecule has 0 amide bonds. The summed E-state index contributed by atoms with van der Waals surface area (Å²) in [5.41, 5.74) is 0. The van der Waals surface area contributed by atoms with Gasteiger partial charge in [0.05, 0.1) is 11.8 Å². The van der Waals surface area contributed by atoms with E-state index in [9.17, 15) is 4.79 Å². The Morgan fingerprint density at radius 2 is 2.20 bits per heavy atom. The van der Waals surface area contributed by atoms with Crippen LogP contribution in [0, 0.1) is 11.8 Å². The number of aliphatic carboxylic acids is 1. The van der Waals surface area contributed by atoms with Gasteiger partial charge in [0.2, 0.25) is 5.89 Å². The van der Waals surface area contributed by atoms with Gasteiger partial charge in [0.25, 0.3) is 0 Å². The van der Waals surface area contributed by atoms with E-state index >= 15 is 0 Å². The van der Waals surface area contributed by atoms with Gasteiger partial charge in [-0.2, -0.15) is 4.98 Å². The third-order valence-electron chi connectivity index (χ3n) is 3.32. The molecule has 0 radical (unpaired) electrons. The zero-order chi connectivity index (χ0) is 10.6. The second-order valence-electron chi connectivity index (χ2n) is 4.60. The number of carboxylic acid groups (broad SMARTS) is 1. The Bertz CT molecular complexity index is 415. The Balaban J connectivity index is 1.72. The van der Waals surface area contributed by atoms with Gasteiger partial charge in [0.1, 0.15) is 0 Å². The van der Waals surface area contributed by atoms with Crippen molar-refractivity contribution in [2.45, 2.75) is 31.6 Å². The lowest BCUT2D eigenvalue weighted by Gasteiger charge is -1.86. The number of aromatic nitrogens is 2. The molecule has 4 unspecified atom stereocenters. The average molecular weight is 208 g/mol. The van der Waals surface area contributed by atoms with E-state index in [-0.39, 0.29) is 11.8 Å². The Morgan fingerprint density at radius 3 is 2.73 bits per heavy atom. The van der Waals surface area contributed by atoms with Crippen molar-refractivity contribution >= 4 is 5.97 Å². The van der Waals surface area contributed by atoms with Crippen LogP contribution in [0.25, 0.3) is 0 Å². The summed E-state index contributed by atoms with van der Waals surface area (Å²) < 4.78 is 5.09. The highest BCUT2D eigenvalue weighted by atomic mass is 16.5. The standard InChI is InChI=1S/C10H12N2O3/c1-4-2-5(4)8-11-9(15-12-8)6-3-7(6)10(13)14/h4-7H,2-3H2,1H3,(H,13,14). The number of rotatable bonds is 3. The van der Waals surface area contributed by atoms with Crippen molar-refractivity contribution in [1.29, 1.82) is 0 Å². The van der Waals surface area contributed by atoms with Crippen molar-refractivity contribution in [3.05, 3.63) is 11.7 Å². The summed E-state index contributed by atoms with van der Waals surface area (Å²) in [5.74, 6) is 1.23.